The van der Waals surface area contributed by atoms with E-state index < -0.39 is 15.6 Å². The maximum atomic E-state index is 12.9. The van der Waals surface area contributed by atoms with E-state index in [0.717, 1.165) is 5.56 Å². The maximum absolute atomic E-state index is 12.9. The number of nitrogens with zero attached hydrogens (tertiary/aromatic N) is 1. The fourth-order valence-corrected chi connectivity index (χ4v) is 4.04. The van der Waals surface area contributed by atoms with Gasteiger partial charge in [-0.05, 0) is 48.4 Å². The molecule has 0 amide bonds. The monoisotopic (exact) mass is 403 g/mol. The van der Waals surface area contributed by atoms with Crippen LogP contribution in [0.3, 0.4) is 0 Å². The number of hydrogen-bond donors (Lipinski definition) is 0. The molecule has 0 aliphatic heterocycles. The van der Waals surface area contributed by atoms with E-state index in [2.05, 4.69) is 0 Å². The predicted octanol–water partition coefficient (Wildman–Crippen LogP) is 2.67. The van der Waals surface area contributed by atoms with E-state index in [9.17, 15) is 13.2 Å². The van der Waals surface area contributed by atoms with E-state index >= 15 is 0 Å². The molecule has 3 aromatic rings. The average Bonchev–Trinajstić information content (AvgIpc) is 2.71. The molecule has 0 saturated carbocycles. The van der Waals surface area contributed by atoms with Gasteiger partial charge in [-0.15, -0.1) is 0 Å². The number of hydrogen-bond acceptors (Lipinski definition) is 6. The second-order valence-corrected chi connectivity index (χ2v) is 8.26. The molecule has 1 aromatic heterocycles. The molecule has 7 nitrogen and oxygen atoms in total. The Morgan fingerprint density at radius 1 is 0.964 bits per heavy atom. The highest BCUT2D eigenvalue weighted by Gasteiger charge is 2.21. The van der Waals surface area contributed by atoms with Crippen molar-refractivity contribution < 1.29 is 22.3 Å². The lowest BCUT2D eigenvalue weighted by Crippen LogP contribution is -2.29. The number of sulfonamides is 1. The van der Waals surface area contributed by atoms with Crippen molar-refractivity contribution in [1.82, 2.24) is 4.31 Å². The zero-order valence-electron chi connectivity index (χ0n) is 15.8. The molecule has 0 atom stereocenters. The summed E-state index contributed by atoms with van der Waals surface area (Å²) in [5.41, 5.74) is 0.801. The Hall–Kier alpha value is -2.84. The highest BCUT2D eigenvalue weighted by molar-refractivity contribution is 7.89. The highest BCUT2D eigenvalue weighted by Crippen LogP contribution is 2.28. The number of rotatable bonds is 7. The molecule has 148 valence electrons. The Kier molecular flexibility index (Phi) is 5.71. The van der Waals surface area contributed by atoms with Crippen LogP contribution in [0, 0.1) is 0 Å². The van der Waals surface area contributed by atoms with Crippen LogP contribution in [0.25, 0.3) is 11.0 Å². The van der Waals surface area contributed by atoms with Crippen molar-refractivity contribution in [1.29, 1.82) is 0 Å². The zero-order valence-corrected chi connectivity index (χ0v) is 16.7. The van der Waals surface area contributed by atoms with Gasteiger partial charge >= 0.3 is 5.63 Å². The van der Waals surface area contributed by atoms with E-state index in [0.29, 0.717) is 35.4 Å². The smallest absolute Gasteiger partial charge is 0.336 e. The highest BCUT2D eigenvalue weighted by atomic mass is 32.2. The van der Waals surface area contributed by atoms with Crippen LogP contribution < -0.4 is 15.1 Å². The van der Waals surface area contributed by atoms with E-state index in [1.165, 1.54) is 35.6 Å². The molecule has 8 heteroatoms. The van der Waals surface area contributed by atoms with Crippen LogP contribution in [-0.4, -0.2) is 40.5 Å². The van der Waals surface area contributed by atoms with Crippen molar-refractivity contribution in [2.24, 2.45) is 0 Å². The predicted molar refractivity (Wildman–Crippen MR) is 106 cm³/mol. The van der Waals surface area contributed by atoms with Crippen LogP contribution in [0.5, 0.6) is 11.5 Å². The summed E-state index contributed by atoms with van der Waals surface area (Å²) >= 11 is 0. The third-order valence-electron chi connectivity index (χ3n) is 4.46. The van der Waals surface area contributed by atoms with Crippen LogP contribution in [0.1, 0.15) is 5.56 Å². The summed E-state index contributed by atoms with van der Waals surface area (Å²) in [4.78, 5) is 11.4. The Labute approximate surface area is 163 Å². The maximum Gasteiger partial charge on any atom is 0.336 e. The van der Waals surface area contributed by atoms with Crippen LogP contribution in [-0.2, 0) is 16.4 Å². The van der Waals surface area contributed by atoms with Crippen molar-refractivity contribution in [3.63, 3.8) is 0 Å². The minimum Gasteiger partial charge on any atom is -0.493 e. The molecule has 0 N–H and O–H groups in total. The fourth-order valence-electron chi connectivity index (χ4n) is 2.83. The topological polar surface area (TPSA) is 86.0 Å². The Bertz CT molecular complexity index is 1150. The quantitative estimate of drug-likeness (QED) is 0.564. The van der Waals surface area contributed by atoms with Gasteiger partial charge < -0.3 is 13.9 Å². The van der Waals surface area contributed by atoms with E-state index in [1.807, 2.05) is 12.1 Å². The molecular formula is C20H21NO6S. The SMILES string of the molecule is COc1ccc(CCN(C)S(=O)(=O)c2ccc3oc(=O)ccc3c2)cc1OC. The Morgan fingerprint density at radius 3 is 2.43 bits per heavy atom. The van der Waals surface area contributed by atoms with Crippen molar-refractivity contribution in [2.75, 3.05) is 27.8 Å². The van der Waals surface area contributed by atoms with Crippen LogP contribution in [0.2, 0.25) is 0 Å². The van der Waals surface area contributed by atoms with Crippen molar-refractivity contribution in [2.45, 2.75) is 11.3 Å². The summed E-state index contributed by atoms with van der Waals surface area (Å²) in [5.74, 6) is 1.22. The molecule has 0 aliphatic carbocycles. The van der Waals surface area contributed by atoms with Gasteiger partial charge in [0.15, 0.2) is 11.5 Å². The lowest BCUT2D eigenvalue weighted by atomic mass is 10.1. The van der Waals surface area contributed by atoms with Gasteiger partial charge in [0.1, 0.15) is 5.58 Å². The molecule has 28 heavy (non-hydrogen) atoms. The first-order valence-electron chi connectivity index (χ1n) is 8.56. The summed E-state index contributed by atoms with van der Waals surface area (Å²) in [6, 6.07) is 12.7. The molecule has 3 rings (SSSR count). The first-order chi connectivity index (χ1) is 13.3. The summed E-state index contributed by atoms with van der Waals surface area (Å²) < 4.78 is 42.6. The first kappa shape index (κ1) is 19.9. The summed E-state index contributed by atoms with van der Waals surface area (Å²) in [7, 11) is 0.969. The van der Waals surface area contributed by atoms with Gasteiger partial charge in [-0.2, -0.15) is 0 Å². The molecule has 1 heterocycles. The lowest BCUT2D eigenvalue weighted by molar-refractivity contribution is 0.354. The number of likely N-dealkylation sites (N-methyl/N-ethyl adjacent to an activating group) is 1. The van der Waals surface area contributed by atoms with Crippen LogP contribution in [0.4, 0.5) is 0 Å². The van der Waals surface area contributed by atoms with Crippen LogP contribution >= 0.6 is 0 Å². The van der Waals surface area contributed by atoms with Gasteiger partial charge in [-0.25, -0.2) is 17.5 Å². The van der Waals surface area contributed by atoms with Gasteiger partial charge in [0.2, 0.25) is 10.0 Å². The number of fused-ring (bicyclic) bond motifs is 1. The molecule has 0 radical (unpaired) electrons. The Balaban J connectivity index is 1.78. The third-order valence-corrected chi connectivity index (χ3v) is 6.32. The summed E-state index contributed by atoms with van der Waals surface area (Å²) in [5, 5.41) is 0.550. The molecule has 2 aromatic carbocycles. The normalized spacial score (nSPS) is 11.7. The first-order valence-corrected chi connectivity index (χ1v) is 10.0. The minimum atomic E-state index is -3.68. The summed E-state index contributed by atoms with van der Waals surface area (Å²) in [6.07, 6.45) is 0.512. The van der Waals surface area contributed by atoms with Gasteiger partial charge in [-0.3, -0.25) is 0 Å². The third kappa shape index (κ3) is 4.02. The molecule has 0 saturated heterocycles. The number of ether oxygens (including phenoxy) is 2. The second-order valence-electron chi connectivity index (χ2n) is 6.22. The molecule has 0 spiro atoms. The fraction of sp³-hybridized carbons (Fsp3) is 0.250. The molecular weight excluding hydrogens is 382 g/mol. The summed E-state index contributed by atoms with van der Waals surface area (Å²) in [6.45, 7) is 0.291. The van der Waals surface area contributed by atoms with Gasteiger partial charge in [0.25, 0.3) is 0 Å². The molecule has 0 bridgehead atoms. The Morgan fingerprint density at radius 2 is 1.71 bits per heavy atom. The van der Waals surface area contributed by atoms with Crippen molar-refractivity contribution >= 4 is 21.0 Å². The van der Waals surface area contributed by atoms with Crippen molar-refractivity contribution in [3.05, 3.63) is 64.5 Å². The molecule has 0 unspecified atom stereocenters. The van der Waals surface area contributed by atoms with Gasteiger partial charge in [-0.1, -0.05) is 6.07 Å². The molecule has 0 aliphatic rings. The minimum absolute atomic E-state index is 0.142. The zero-order chi connectivity index (χ0) is 20.3. The van der Waals surface area contributed by atoms with E-state index in [4.69, 9.17) is 13.9 Å². The number of benzene rings is 2. The van der Waals surface area contributed by atoms with E-state index in [-0.39, 0.29) is 4.90 Å². The second kappa shape index (κ2) is 8.04. The largest absolute Gasteiger partial charge is 0.493 e. The van der Waals surface area contributed by atoms with E-state index in [1.54, 1.807) is 26.4 Å². The van der Waals surface area contributed by atoms with Gasteiger partial charge in [0.05, 0.1) is 19.1 Å². The van der Waals surface area contributed by atoms with Crippen LogP contribution in [0.15, 0.2) is 62.6 Å². The van der Waals surface area contributed by atoms with Gasteiger partial charge in [0, 0.05) is 25.0 Å². The van der Waals surface area contributed by atoms with Crippen molar-refractivity contribution in [3.8, 4) is 11.5 Å². The molecule has 0 fully saturated rings. The average molecular weight is 403 g/mol. The standard InChI is InChI=1S/C20H21NO6S/c1-21(11-10-14-4-7-18(25-2)19(12-14)26-3)28(23,24)16-6-8-17-15(13-16)5-9-20(22)27-17/h4-9,12-13H,10-11H2,1-3H3. The lowest BCUT2D eigenvalue weighted by Gasteiger charge is -2.18. The number of methoxy groups -OCH3 is 2.